The number of ketones is 1. The van der Waals surface area contributed by atoms with Gasteiger partial charge in [-0.25, -0.2) is 23.5 Å². The lowest BCUT2D eigenvalue weighted by atomic mass is 10.0. The van der Waals surface area contributed by atoms with Crippen LogP contribution in [-0.2, 0) is 0 Å². The molecule has 2 aromatic heterocycles. The Kier molecular flexibility index (Phi) is 6.09. The van der Waals surface area contributed by atoms with Gasteiger partial charge in [-0.15, -0.1) is 0 Å². The van der Waals surface area contributed by atoms with E-state index in [-0.39, 0.29) is 27.5 Å². The van der Waals surface area contributed by atoms with Gasteiger partial charge in [-0.2, -0.15) is 0 Å². The third kappa shape index (κ3) is 4.62. The number of carbonyl (C=O) groups excluding carboxylic acids is 2. The summed E-state index contributed by atoms with van der Waals surface area (Å²) in [5.41, 5.74) is 0.836. The van der Waals surface area contributed by atoms with E-state index >= 15 is 4.39 Å². The average molecular weight is 505 g/mol. The van der Waals surface area contributed by atoms with Crippen molar-refractivity contribution in [3.8, 4) is 5.82 Å². The minimum Gasteiger partial charge on any atom is -0.308 e. The summed E-state index contributed by atoms with van der Waals surface area (Å²) in [4.78, 5) is 38.3. The number of nitrogens with zero attached hydrogens (tertiary/aromatic N) is 4. The SMILES string of the molecule is O=C(Nc1ccc(Cl)c(F)c1)Nc1cccc(C(=O)c2ccc3ncc(-n4ccnc4)nc3c2)c1F. The topological polar surface area (TPSA) is 102 Å². The molecule has 0 bridgehead atoms. The molecule has 2 heterocycles. The Morgan fingerprint density at radius 2 is 1.83 bits per heavy atom. The number of imidazole rings is 1. The highest BCUT2D eigenvalue weighted by molar-refractivity contribution is 6.30. The molecule has 0 fully saturated rings. The van der Waals surface area contributed by atoms with Crippen LogP contribution in [0.2, 0.25) is 5.02 Å². The first-order chi connectivity index (χ1) is 17.4. The van der Waals surface area contributed by atoms with E-state index in [0.717, 1.165) is 6.07 Å². The highest BCUT2D eigenvalue weighted by Gasteiger charge is 2.19. The van der Waals surface area contributed by atoms with E-state index in [1.165, 1.54) is 42.5 Å². The molecule has 36 heavy (non-hydrogen) atoms. The Hall–Kier alpha value is -4.70. The van der Waals surface area contributed by atoms with Crippen molar-refractivity contribution in [1.82, 2.24) is 19.5 Å². The summed E-state index contributed by atoms with van der Waals surface area (Å²) < 4.78 is 30.5. The van der Waals surface area contributed by atoms with Gasteiger partial charge in [0, 0.05) is 23.6 Å². The van der Waals surface area contributed by atoms with Crippen molar-refractivity contribution >= 4 is 45.8 Å². The summed E-state index contributed by atoms with van der Waals surface area (Å²) in [6.45, 7) is 0. The van der Waals surface area contributed by atoms with Gasteiger partial charge in [-0.3, -0.25) is 14.3 Å². The van der Waals surface area contributed by atoms with Crippen LogP contribution in [0.1, 0.15) is 15.9 Å². The second-order valence-electron chi connectivity index (χ2n) is 7.61. The van der Waals surface area contributed by atoms with Crippen LogP contribution in [-0.4, -0.2) is 31.3 Å². The van der Waals surface area contributed by atoms with Crippen molar-refractivity contribution in [2.75, 3.05) is 10.6 Å². The molecule has 0 spiro atoms. The summed E-state index contributed by atoms with van der Waals surface area (Å²) >= 11 is 5.63. The summed E-state index contributed by atoms with van der Waals surface area (Å²) in [5, 5.41) is 4.61. The van der Waals surface area contributed by atoms with Gasteiger partial charge in [-0.1, -0.05) is 17.7 Å². The molecular formula is C25H15ClF2N6O2. The fourth-order valence-electron chi connectivity index (χ4n) is 3.48. The number of carbonyl (C=O) groups is 2. The van der Waals surface area contributed by atoms with Crippen LogP contribution in [0.15, 0.2) is 79.5 Å². The van der Waals surface area contributed by atoms with E-state index < -0.39 is 23.4 Å². The van der Waals surface area contributed by atoms with Crippen LogP contribution in [0.25, 0.3) is 16.9 Å². The maximum absolute atomic E-state index is 15.2. The molecule has 0 aliphatic heterocycles. The van der Waals surface area contributed by atoms with Crippen LogP contribution in [0.3, 0.4) is 0 Å². The molecule has 0 saturated carbocycles. The number of amides is 2. The Balaban J connectivity index is 1.39. The van der Waals surface area contributed by atoms with Crippen molar-refractivity contribution in [2.45, 2.75) is 0 Å². The number of fused-ring (bicyclic) bond motifs is 1. The predicted octanol–water partition coefficient (Wildman–Crippen LogP) is 5.62. The highest BCUT2D eigenvalue weighted by Crippen LogP contribution is 2.24. The van der Waals surface area contributed by atoms with Crippen molar-refractivity contribution in [3.63, 3.8) is 0 Å². The lowest BCUT2D eigenvalue weighted by Gasteiger charge is -2.11. The van der Waals surface area contributed by atoms with Crippen LogP contribution in [0.5, 0.6) is 0 Å². The summed E-state index contributed by atoms with van der Waals surface area (Å²) in [6.07, 6.45) is 6.45. The van der Waals surface area contributed by atoms with E-state index in [1.807, 2.05) is 0 Å². The number of anilines is 2. The molecular weight excluding hydrogens is 490 g/mol. The van der Waals surface area contributed by atoms with Gasteiger partial charge in [0.25, 0.3) is 0 Å². The van der Waals surface area contributed by atoms with Gasteiger partial charge in [0.05, 0.1) is 33.5 Å². The number of nitrogens with one attached hydrogen (secondary N) is 2. The van der Waals surface area contributed by atoms with E-state index in [0.29, 0.717) is 16.9 Å². The van der Waals surface area contributed by atoms with Crippen molar-refractivity contribution in [1.29, 1.82) is 0 Å². The van der Waals surface area contributed by atoms with Crippen LogP contribution in [0.4, 0.5) is 25.0 Å². The normalized spacial score (nSPS) is 10.9. The van der Waals surface area contributed by atoms with Crippen molar-refractivity contribution in [2.24, 2.45) is 0 Å². The molecule has 2 amide bonds. The van der Waals surface area contributed by atoms with Crippen molar-refractivity contribution in [3.05, 3.63) is 107 Å². The number of rotatable bonds is 5. The summed E-state index contributed by atoms with van der Waals surface area (Å²) in [5.74, 6) is -1.73. The second kappa shape index (κ2) is 9.51. The zero-order chi connectivity index (χ0) is 25.2. The molecule has 3 aromatic carbocycles. The molecule has 5 rings (SSSR count). The Labute approximate surface area is 207 Å². The van der Waals surface area contributed by atoms with Gasteiger partial charge in [0.1, 0.15) is 12.1 Å². The predicted molar refractivity (Wildman–Crippen MR) is 131 cm³/mol. The van der Waals surface area contributed by atoms with Gasteiger partial charge in [0.15, 0.2) is 17.4 Å². The largest absolute Gasteiger partial charge is 0.323 e. The average Bonchev–Trinajstić information content (AvgIpc) is 3.42. The third-order valence-corrected chi connectivity index (χ3v) is 5.54. The summed E-state index contributed by atoms with van der Waals surface area (Å²) in [7, 11) is 0. The molecule has 0 saturated heterocycles. The number of hydrogen-bond donors (Lipinski definition) is 2. The molecule has 0 aliphatic rings. The monoisotopic (exact) mass is 504 g/mol. The number of urea groups is 1. The number of halogens is 3. The van der Waals surface area contributed by atoms with Gasteiger partial charge >= 0.3 is 6.03 Å². The molecule has 0 aliphatic carbocycles. The zero-order valence-corrected chi connectivity index (χ0v) is 19.0. The van der Waals surface area contributed by atoms with Crippen molar-refractivity contribution < 1.29 is 18.4 Å². The number of hydrogen-bond acceptors (Lipinski definition) is 5. The molecule has 178 valence electrons. The van der Waals surface area contributed by atoms with E-state index in [1.54, 1.807) is 35.6 Å². The first kappa shape index (κ1) is 23.1. The Morgan fingerprint density at radius 1 is 0.972 bits per heavy atom. The van der Waals surface area contributed by atoms with Gasteiger partial charge < -0.3 is 10.6 Å². The number of aromatic nitrogens is 4. The van der Waals surface area contributed by atoms with Gasteiger partial charge in [-0.05, 0) is 48.5 Å². The maximum atomic E-state index is 15.2. The molecule has 8 nitrogen and oxygen atoms in total. The maximum Gasteiger partial charge on any atom is 0.323 e. The second-order valence-corrected chi connectivity index (χ2v) is 8.01. The lowest BCUT2D eigenvalue weighted by Crippen LogP contribution is -2.21. The molecule has 5 aromatic rings. The quantitative estimate of drug-likeness (QED) is 0.302. The first-order valence-electron chi connectivity index (χ1n) is 10.5. The van der Waals surface area contributed by atoms with E-state index in [9.17, 15) is 14.0 Å². The highest BCUT2D eigenvalue weighted by atomic mass is 35.5. The smallest absolute Gasteiger partial charge is 0.308 e. The number of benzene rings is 3. The minimum atomic E-state index is -0.918. The van der Waals surface area contributed by atoms with E-state index in [2.05, 4.69) is 25.6 Å². The molecule has 0 radical (unpaired) electrons. The molecule has 11 heteroatoms. The van der Waals surface area contributed by atoms with Gasteiger partial charge in [0.2, 0.25) is 0 Å². The lowest BCUT2D eigenvalue weighted by molar-refractivity contribution is 0.103. The molecule has 0 atom stereocenters. The van der Waals surface area contributed by atoms with Crippen LogP contribution < -0.4 is 10.6 Å². The van der Waals surface area contributed by atoms with Crippen LogP contribution >= 0.6 is 11.6 Å². The fourth-order valence-corrected chi connectivity index (χ4v) is 3.60. The zero-order valence-electron chi connectivity index (χ0n) is 18.2. The standard InChI is InChI=1S/C25H15ClF2N6O2/c26-17-6-5-15(11-18(17)27)31-25(36)33-20-3-1-2-16(23(20)28)24(35)14-4-7-19-21(10-14)32-22(12-30-19)34-9-8-29-13-34/h1-13H,(H2,31,33,36). The third-order valence-electron chi connectivity index (χ3n) is 5.23. The van der Waals surface area contributed by atoms with E-state index in [4.69, 9.17) is 11.6 Å². The molecule has 2 N–H and O–H groups in total. The molecule has 0 unspecified atom stereocenters. The summed E-state index contributed by atoms with van der Waals surface area (Å²) in [6, 6.07) is 11.6. The Bertz CT molecular complexity index is 1630. The minimum absolute atomic E-state index is 0.101. The first-order valence-corrected chi connectivity index (χ1v) is 10.9. The van der Waals surface area contributed by atoms with Crippen LogP contribution in [0, 0.1) is 11.6 Å². The fraction of sp³-hybridized carbons (Fsp3) is 0. The Morgan fingerprint density at radius 3 is 2.61 bits per heavy atom.